The summed E-state index contributed by atoms with van der Waals surface area (Å²) in [6.07, 6.45) is 4.25. The van der Waals surface area contributed by atoms with Crippen LogP contribution >= 0.6 is 11.8 Å². The second kappa shape index (κ2) is 9.03. The van der Waals surface area contributed by atoms with Crippen molar-refractivity contribution in [1.29, 1.82) is 0 Å². The van der Waals surface area contributed by atoms with Gasteiger partial charge in [-0.25, -0.2) is 4.79 Å². The molecule has 0 saturated carbocycles. The van der Waals surface area contributed by atoms with Gasteiger partial charge in [-0.1, -0.05) is 18.2 Å². The molecule has 2 aromatic rings. The number of esters is 1. The molecule has 1 aromatic heterocycles. The van der Waals surface area contributed by atoms with E-state index in [1.165, 1.54) is 18.2 Å². The molecule has 8 heteroatoms. The van der Waals surface area contributed by atoms with Crippen LogP contribution in [0, 0.1) is 0 Å². The van der Waals surface area contributed by atoms with Crippen molar-refractivity contribution in [2.45, 2.75) is 57.3 Å². The lowest BCUT2D eigenvalue weighted by Crippen LogP contribution is -2.15. The number of ether oxygens (including phenoxy) is 1. The molecule has 0 fully saturated rings. The van der Waals surface area contributed by atoms with Gasteiger partial charge >= 0.3 is 5.97 Å². The first kappa shape index (κ1) is 19.4. The summed E-state index contributed by atoms with van der Waals surface area (Å²) in [5.41, 5.74) is 1.10. The number of amides is 1. The molecule has 27 heavy (non-hydrogen) atoms. The van der Waals surface area contributed by atoms with Crippen LogP contribution < -0.4 is 5.32 Å². The summed E-state index contributed by atoms with van der Waals surface area (Å²) in [5, 5.41) is 12.1. The second-order valence-corrected chi connectivity index (χ2v) is 7.67. The number of hydrogen-bond acceptors (Lipinski definition) is 6. The number of fused-ring (bicyclic) bond motifs is 1. The zero-order chi connectivity index (χ0) is 19.2. The van der Waals surface area contributed by atoms with E-state index in [4.69, 9.17) is 4.74 Å². The van der Waals surface area contributed by atoms with Crippen molar-refractivity contribution in [3.63, 3.8) is 0 Å². The Morgan fingerprint density at radius 3 is 2.70 bits per heavy atom. The Kier molecular flexibility index (Phi) is 6.49. The van der Waals surface area contributed by atoms with Gasteiger partial charge in [-0.15, -0.1) is 10.2 Å². The number of nitrogens with one attached hydrogen (secondary N) is 1. The van der Waals surface area contributed by atoms with Gasteiger partial charge in [0.2, 0.25) is 5.91 Å². The standard InChI is InChI=1S/C19H24N4O3S/c1-13(2)26-18(25)14-7-9-15(10-8-14)20-17(24)12-27-19-22-21-16-6-4-3-5-11-23(16)19/h7-10,13H,3-6,11-12H2,1-2H3,(H,20,24). The fourth-order valence-electron chi connectivity index (χ4n) is 2.86. The first-order valence-corrected chi connectivity index (χ1v) is 10.2. The first-order chi connectivity index (χ1) is 13.0. The molecule has 1 N–H and O–H groups in total. The molecule has 144 valence electrons. The minimum absolute atomic E-state index is 0.122. The highest BCUT2D eigenvalue weighted by Crippen LogP contribution is 2.22. The molecule has 3 rings (SSSR count). The highest BCUT2D eigenvalue weighted by atomic mass is 32.2. The fraction of sp³-hybridized carbons (Fsp3) is 0.474. The zero-order valence-corrected chi connectivity index (χ0v) is 16.4. The third-order valence-electron chi connectivity index (χ3n) is 4.16. The Balaban J connectivity index is 1.52. The van der Waals surface area contributed by atoms with Crippen LogP contribution in [0.15, 0.2) is 29.4 Å². The highest BCUT2D eigenvalue weighted by molar-refractivity contribution is 7.99. The Morgan fingerprint density at radius 2 is 1.96 bits per heavy atom. The minimum Gasteiger partial charge on any atom is -0.459 e. The molecule has 2 heterocycles. The van der Waals surface area contributed by atoms with Gasteiger partial charge in [-0.05, 0) is 51.0 Å². The number of rotatable bonds is 6. The molecule has 7 nitrogen and oxygen atoms in total. The minimum atomic E-state index is -0.370. The van der Waals surface area contributed by atoms with Crippen LogP contribution in [0.3, 0.4) is 0 Å². The van der Waals surface area contributed by atoms with Crippen molar-refractivity contribution in [1.82, 2.24) is 14.8 Å². The van der Waals surface area contributed by atoms with E-state index in [2.05, 4.69) is 20.1 Å². The van der Waals surface area contributed by atoms with Crippen molar-refractivity contribution in [3.8, 4) is 0 Å². The number of carbonyl (C=O) groups excluding carboxylic acids is 2. The summed E-state index contributed by atoms with van der Waals surface area (Å²) in [6.45, 7) is 4.52. The van der Waals surface area contributed by atoms with E-state index >= 15 is 0 Å². The van der Waals surface area contributed by atoms with Gasteiger partial charge in [0.25, 0.3) is 0 Å². The topological polar surface area (TPSA) is 86.1 Å². The Labute approximate surface area is 162 Å². The molecule has 0 spiro atoms. The van der Waals surface area contributed by atoms with Crippen LogP contribution in [0.1, 0.15) is 49.3 Å². The monoisotopic (exact) mass is 388 g/mol. The average molecular weight is 388 g/mol. The molecule has 0 atom stereocenters. The van der Waals surface area contributed by atoms with Crippen molar-refractivity contribution in [2.24, 2.45) is 0 Å². The summed E-state index contributed by atoms with van der Waals surface area (Å²) in [7, 11) is 0. The van der Waals surface area contributed by atoms with E-state index in [1.54, 1.807) is 38.1 Å². The van der Waals surface area contributed by atoms with Crippen LogP contribution in [0.2, 0.25) is 0 Å². The van der Waals surface area contributed by atoms with Gasteiger partial charge < -0.3 is 14.6 Å². The van der Waals surface area contributed by atoms with E-state index in [1.807, 2.05) is 0 Å². The molecule has 1 aliphatic heterocycles. The van der Waals surface area contributed by atoms with Crippen LogP contribution in [0.5, 0.6) is 0 Å². The van der Waals surface area contributed by atoms with Gasteiger partial charge in [0.05, 0.1) is 17.4 Å². The number of hydrogen-bond donors (Lipinski definition) is 1. The van der Waals surface area contributed by atoms with Crippen molar-refractivity contribution in [3.05, 3.63) is 35.7 Å². The maximum atomic E-state index is 12.2. The van der Waals surface area contributed by atoms with Crippen LogP contribution in [-0.4, -0.2) is 38.5 Å². The average Bonchev–Trinajstić information content (AvgIpc) is 2.86. The largest absolute Gasteiger partial charge is 0.459 e. The lowest BCUT2D eigenvalue weighted by Gasteiger charge is -2.09. The van der Waals surface area contributed by atoms with Crippen LogP contribution in [-0.2, 0) is 22.5 Å². The number of nitrogens with zero attached hydrogens (tertiary/aromatic N) is 3. The number of aryl methyl sites for hydroxylation is 1. The number of anilines is 1. The van der Waals surface area contributed by atoms with E-state index < -0.39 is 0 Å². The van der Waals surface area contributed by atoms with Crippen LogP contribution in [0.4, 0.5) is 5.69 Å². The predicted molar refractivity (Wildman–Crippen MR) is 104 cm³/mol. The van der Waals surface area contributed by atoms with Crippen LogP contribution in [0.25, 0.3) is 0 Å². The summed E-state index contributed by atoms with van der Waals surface area (Å²) < 4.78 is 7.27. The van der Waals surface area contributed by atoms with Gasteiger partial charge in [-0.2, -0.15) is 0 Å². The van der Waals surface area contributed by atoms with E-state index in [-0.39, 0.29) is 23.7 Å². The Hall–Kier alpha value is -2.35. The summed E-state index contributed by atoms with van der Waals surface area (Å²) >= 11 is 1.40. The third-order valence-corrected chi connectivity index (χ3v) is 5.12. The summed E-state index contributed by atoms with van der Waals surface area (Å²) in [6, 6.07) is 6.68. The molecule has 1 aromatic carbocycles. The Morgan fingerprint density at radius 1 is 1.19 bits per heavy atom. The lowest BCUT2D eigenvalue weighted by molar-refractivity contribution is -0.113. The first-order valence-electron chi connectivity index (χ1n) is 9.18. The summed E-state index contributed by atoms with van der Waals surface area (Å²) in [4.78, 5) is 24.1. The number of benzene rings is 1. The quantitative estimate of drug-likeness (QED) is 0.604. The molecule has 1 amide bonds. The predicted octanol–water partition coefficient (Wildman–Crippen LogP) is 3.30. The SMILES string of the molecule is CC(C)OC(=O)c1ccc(NC(=O)CSc2nnc3n2CCCCC3)cc1. The highest BCUT2D eigenvalue weighted by Gasteiger charge is 2.16. The van der Waals surface area contributed by atoms with Crippen molar-refractivity contribution in [2.75, 3.05) is 11.1 Å². The van der Waals surface area contributed by atoms with E-state index in [9.17, 15) is 9.59 Å². The third kappa shape index (κ3) is 5.32. The Bertz CT molecular complexity index is 802. The molecular weight excluding hydrogens is 364 g/mol. The number of thioether (sulfide) groups is 1. The lowest BCUT2D eigenvalue weighted by atomic mass is 10.2. The smallest absolute Gasteiger partial charge is 0.338 e. The fourth-order valence-corrected chi connectivity index (χ4v) is 3.65. The molecular formula is C19H24N4O3S. The maximum Gasteiger partial charge on any atom is 0.338 e. The molecule has 0 saturated heterocycles. The van der Waals surface area contributed by atoms with E-state index in [0.29, 0.717) is 11.3 Å². The van der Waals surface area contributed by atoms with E-state index in [0.717, 1.165) is 36.8 Å². The summed E-state index contributed by atoms with van der Waals surface area (Å²) in [5.74, 6) is 0.781. The molecule has 0 bridgehead atoms. The second-order valence-electron chi connectivity index (χ2n) is 6.73. The number of aromatic nitrogens is 3. The van der Waals surface area contributed by atoms with Gasteiger partial charge in [0.1, 0.15) is 5.82 Å². The van der Waals surface area contributed by atoms with Crippen molar-refractivity contribution >= 4 is 29.3 Å². The molecule has 0 aliphatic carbocycles. The molecule has 0 radical (unpaired) electrons. The molecule has 1 aliphatic rings. The maximum absolute atomic E-state index is 12.2. The normalized spacial score (nSPS) is 13.7. The van der Waals surface area contributed by atoms with Gasteiger partial charge in [0, 0.05) is 18.7 Å². The van der Waals surface area contributed by atoms with Gasteiger partial charge in [-0.3, -0.25) is 4.79 Å². The number of carbonyl (C=O) groups is 2. The zero-order valence-electron chi connectivity index (χ0n) is 15.6. The molecule has 0 unspecified atom stereocenters. The van der Waals surface area contributed by atoms with Crippen molar-refractivity contribution < 1.29 is 14.3 Å². The van der Waals surface area contributed by atoms with Gasteiger partial charge in [0.15, 0.2) is 5.16 Å².